The fraction of sp³-hybridized carbons (Fsp3) is 0.500. The Hall–Kier alpha value is -0.150. The van der Waals surface area contributed by atoms with Gasteiger partial charge in [-0.2, -0.15) is 11.8 Å². The molecule has 82 valence electrons. The van der Waals surface area contributed by atoms with Crippen molar-refractivity contribution in [2.24, 2.45) is 5.92 Å². The average molecular weight is 286 g/mol. The van der Waals surface area contributed by atoms with E-state index < -0.39 is 0 Å². The highest BCUT2D eigenvalue weighted by molar-refractivity contribution is 9.10. The number of benzene rings is 1. The monoisotopic (exact) mass is 285 g/mol. The Kier molecular flexibility index (Phi) is 3.98. The predicted molar refractivity (Wildman–Crippen MR) is 72.8 cm³/mol. The van der Waals surface area contributed by atoms with Gasteiger partial charge in [0.2, 0.25) is 0 Å². The Morgan fingerprint density at radius 3 is 3.13 bits per heavy atom. The zero-order valence-corrected chi connectivity index (χ0v) is 11.3. The number of rotatable bonds is 3. The maximum atomic E-state index is 3.56. The Morgan fingerprint density at radius 1 is 1.53 bits per heavy atom. The minimum Gasteiger partial charge on any atom is -0.384 e. The fourth-order valence-electron chi connectivity index (χ4n) is 1.80. The van der Waals surface area contributed by atoms with Gasteiger partial charge in [-0.05, 0) is 48.5 Å². The van der Waals surface area contributed by atoms with Crippen molar-refractivity contribution in [2.75, 3.05) is 23.4 Å². The zero-order chi connectivity index (χ0) is 10.7. The third kappa shape index (κ3) is 2.91. The second kappa shape index (κ2) is 5.26. The minimum atomic E-state index is 0.855. The molecule has 0 aromatic heterocycles. The molecule has 1 saturated heterocycles. The molecular formula is C12H16BrNS. The Bertz CT molecular complexity index is 334. The zero-order valence-electron chi connectivity index (χ0n) is 8.92. The van der Waals surface area contributed by atoms with Crippen LogP contribution in [0.5, 0.6) is 0 Å². The van der Waals surface area contributed by atoms with Crippen molar-refractivity contribution in [3.05, 3.63) is 28.2 Å². The van der Waals surface area contributed by atoms with Crippen LogP contribution in [0.1, 0.15) is 12.0 Å². The van der Waals surface area contributed by atoms with E-state index in [4.69, 9.17) is 0 Å². The van der Waals surface area contributed by atoms with Gasteiger partial charge in [-0.3, -0.25) is 0 Å². The molecule has 0 amide bonds. The van der Waals surface area contributed by atoms with Crippen LogP contribution < -0.4 is 5.32 Å². The SMILES string of the molecule is Cc1c(Br)cccc1NCC1CCSC1. The number of hydrogen-bond acceptors (Lipinski definition) is 2. The van der Waals surface area contributed by atoms with Gasteiger partial charge in [0.05, 0.1) is 0 Å². The number of halogens is 1. The molecule has 1 aromatic rings. The Labute approximate surface area is 104 Å². The molecule has 15 heavy (non-hydrogen) atoms. The topological polar surface area (TPSA) is 12.0 Å². The maximum Gasteiger partial charge on any atom is 0.0381 e. The molecule has 1 nitrogen and oxygen atoms in total. The Balaban J connectivity index is 1.95. The summed E-state index contributed by atoms with van der Waals surface area (Å²) in [6.07, 6.45) is 1.37. The summed E-state index contributed by atoms with van der Waals surface area (Å²) >= 11 is 5.63. The van der Waals surface area contributed by atoms with Crippen molar-refractivity contribution in [1.29, 1.82) is 0 Å². The first-order valence-corrected chi connectivity index (χ1v) is 7.29. The van der Waals surface area contributed by atoms with Crippen LogP contribution in [0.2, 0.25) is 0 Å². The van der Waals surface area contributed by atoms with Crippen LogP contribution in [0.3, 0.4) is 0 Å². The van der Waals surface area contributed by atoms with Crippen LogP contribution >= 0.6 is 27.7 Å². The number of hydrogen-bond donors (Lipinski definition) is 1. The smallest absolute Gasteiger partial charge is 0.0381 e. The van der Waals surface area contributed by atoms with Crippen LogP contribution in [0.25, 0.3) is 0 Å². The van der Waals surface area contributed by atoms with Crippen LogP contribution in [-0.4, -0.2) is 18.1 Å². The average Bonchev–Trinajstić information content (AvgIpc) is 2.73. The Morgan fingerprint density at radius 2 is 2.40 bits per heavy atom. The lowest BCUT2D eigenvalue weighted by Gasteiger charge is -2.14. The van der Waals surface area contributed by atoms with Gasteiger partial charge in [0, 0.05) is 16.7 Å². The van der Waals surface area contributed by atoms with Gasteiger partial charge in [0.1, 0.15) is 0 Å². The highest BCUT2D eigenvalue weighted by Crippen LogP contribution is 2.26. The van der Waals surface area contributed by atoms with Crippen LogP contribution in [-0.2, 0) is 0 Å². The maximum absolute atomic E-state index is 3.56. The predicted octanol–water partition coefficient (Wildman–Crippen LogP) is 3.92. The molecule has 1 heterocycles. The lowest BCUT2D eigenvalue weighted by atomic mass is 10.1. The van der Waals surface area contributed by atoms with Gasteiger partial charge in [-0.15, -0.1) is 0 Å². The van der Waals surface area contributed by atoms with E-state index in [9.17, 15) is 0 Å². The van der Waals surface area contributed by atoms with Gasteiger partial charge in [0.15, 0.2) is 0 Å². The first-order chi connectivity index (χ1) is 7.27. The third-order valence-corrected chi connectivity index (χ3v) is 4.96. The van der Waals surface area contributed by atoms with E-state index in [1.165, 1.54) is 33.7 Å². The summed E-state index contributed by atoms with van der Waals surface area (Å²) in [5, 5.41) is 3.55. The van der Waals surface area contributed by atoms with E-state index in [-0.39, 0.29) is 0 Å². The lowest BCUT2D eigenvalue weighted by Crippen LogP contribution is -2.14. The summed E-state index contributed by atoms with van der Waals surface area (Å²) < 4.78 is 1.19. The van der Waals surface area contributed by atoms with Crippen molar-refractivity contribution in [2.45, 2.75) is 13.3 Å². The molecule has 0 aliphatic carbocycles. The fourth-order valence-corrected chi connectivity index (χ4v) is 3.45. The second-order valence-electron chi connectivity index (χ2n) is 4.02. The summed E-state index contributed by atoms with van der Waals surface area (Å²) in [5.41, 5.74) is 2.57. The molecule has 1 N–H and O–H groups in total. The number of anilines is 1. The largest absolute Gasteiger partial charge is 0.384 e. The van der Waals surface area contributed by atoms with Crippen molar-refractivity contribution in [3.63, 3.8) is 0 Å². The first kappa shape index (κ1) is 11.3. The molecule has 0 bridgehead atoms. The van der Waals surface area contributed by atoms with E-state index >= 15 is 0 Å². The van der Waals surface area contributed by atoms with Gasteiger partial charge in [-0.25, -0.2) is 0 Å². The molecule has 1 atom stereocenters. The van der Waals surface area contributed by atoms with Gasteiger partial charge in [0.25, 0.3) is 0 Å². The molecule has 1 aromatic carbocycles. The summed E-state index contributed by atoms with van der Waals surface area (Å²) in [4.78, 5) is 0. The summed E-state index contributed by atoms with van der Waals surface area (Å²) in [6, 6.07) is 6.33. The minimum absolute atomic E-state index is 0.855. The van der Waals surface area contributed by atoms with Crippen molar-refractivity contribution in [1.82, 2.24) is 0 Å². The summed E-state index contributed by atoms with van der Waals surface area (Å²) in [5.74, 6) is 3.51. The number of nitrogens with one attached hydrogen (secondary N) is 1. The highest BCUT2D eigenvalue weighted by atomic mass is 79.9. The standard InChI is InChI=1S/C12H16BrNS/c1-9-11(13)3-2-4-12(9)14-7-10-5-6-15-8-10/h2-4,10,14H,5-8H2,1H3. The van der Waals surface area contributed by atoms with Gasteiger partial charge < -0.3 is 5.32 Å². The van der Waals surface area contributed by atoms with E-state index in [0.717, 1.165) is 12.5 Å². The van der Waals surface area contributed by atoms with Gasteiger partial charge in [-0.1, -0.05) is 22.0 Å². The molecule has 0 spiro atoms. The van der Waals surface area contributed by atoms with Crippen LogP contribution in [0, 0.1) is 12.8 Å². The molecule has 1 unspecified atom stereocenters. The molecule has 3 heteroatoms. The lowest BCUT2D eigenvalue weighted by molar-refractivity contribution is 0.631. The van der Waals surface area contributed by atoms with E-state index in [1.807, 2.05) is 0 Å². The van der Waals surface area contributed by atoms with E-state index in [2.05, 4.69) is 58.1 Å². The number of thioether (sulfide) groups is 1. The van der Waals surface area contributed by atoms with Crippen molar-refractivity contribution in [3.8, 4) is 0 Å². The van der Waals surface area contributed by atoms with Crippen LogP contribution in [0.15, 0.2) is 22.7 Å². The van der Waals surface area contributed by atoms with E-state index in [0.29, 0.717) is 0 Å². The molecule has 2 rings (SSSR count). The molecule has 0 saturated carbocycles. The first-order valence-electron chi connectivity index (χ1n) is 5.34. The van der Waals surface area contributed by atoms with Crippen molar-refractivity contribution < 1.29 is 0 Å². The van der Waals surface area contributed by atoms with E-state index in [1.54, 1.807) is 0 Å². The molecule has 1 aliphatic rings. The molecule has 1 fully saturated rings. The molecule has 1 aliphatic heterocycles. The van der Waals surface area contributed by atoms with Crippen molar-refractivity contribution >= 4 is 33.4 Å². The molecule has 0 radical (unpaired) electrons. The van der Waals surface area contributed by atoms with Gasteiger partial charge >= 0.3 is 0 Å². The quantitative estimate of drug-likeness (QED) is 0.903. The highest BCUT2D eigenvalue weighted by Gasteiger charge is 2.15. The second-order valence-corrected chi connectivity index (χ2v) is 6.03. The normalized spacial score (nSPS) is 20.5. The summed E-state index contributed by atoms with van der Waals surface area (Å²) in [7, 11) is 0. The van der Waals surface area contributed by atoms with Crippen LogP contribution in [0.4, 0.5) is 5.69 Å². The third-order valence-electron chi connectivity index (χ3n) is 2.87. The summed E-state index contributed by atoms with van der Waals surface area (Å²) in [6.45, 7) is 3.26. The molecular weight excluding hydrogens is 270 g/mol.